The van der Waals surface area contributed by atoms with Gasteiger partial charge in [-0.05, 0) is 49.2 Å². The topological polar surface area (TPSA) is 59.6 Å². The molecule has 2 aromatic carbocycles. The number of likely N-dealkylation sites (N-methyl/N-ethyl adjacent to an activating group) is 1. The Morgan fingerprint density at radius 1 is 1.08 bits per heavy atom. The Morgan fingerprint density at radius 3 is 2.29 bits per heavy atom. The van der Waals surface area contributed by atoms with Crippen molar-refractivity contribution < 1.29 is 4.74 Å². The molecular formula is C20H23N3O. The minimum absolute atomic E-state index is 0.202. The number of allylic oxidation sites excluding steroid dienone is 1. The van der Waals surface area contributed by atoms with E-state index >= 15 is 0 Å². The van der Waals surface area contributed by atoms with Crippen LogP contribution in [0.25, 0.3) is 0 Å². The van der Waals surface area contributed by atoms with Crippen molar-refractivity contribution in [2.75, 3.05) is 7.05 Å². The van der Waals surface area contributed by atoms with Crippen LogP contribution in [-0.4, -0.2) is 19.9 Å². The molecule has 3 N–H and O–H groups in total. The fourth-order valence-electron chi connectivity index (χ4n) is 3.33. The second-order valence-electron chi connectivity index (χ2n) is 6.02. The summed E-state index contributed by atoms with van der Waals surface area (Å²) in [5.74, 6) is 2.23. The fraction of sp³-hybridized carbons (Fsp3) is 0.250. The van der Waals surface area contributed by atoms with E-state index in [1.807, 2.05) is 49.5 Å². The summed E-state index contributed by atoms with van der Waals surface area (Å²) in [6.45, 7) is 5.84. The van der Waals surface area contributed by atoms with Gasteiger partial charge in [-0.15, -0.1) is 0 Å². The van der Waals surface area contributed by atoms with Gasteiger partial charge in [0.05, 0.1) is 6.17 Å². The summed E-state index contributed by atoms with van der Waals surface area (Å²) in [7, 11) is 1.86. The highest BCUT2D eigenvalue weighted by atomic mass is 16.5. The summed E-state index contributed by atoms with van der Waals surface area (Å²) in [5.41, 5.74) is 9.53. The van der Waals surface area contributed by atoms with Crippen LogP contribution >= 0.6 is 0 Å². The average molecular weight is 321 g/mol. The van der Waals surface area contributed by atoms with E-state index in [0.717, 1.165) is 22.8 Å². The van der Waals surface area contributed by atoms with E-state index in [1.54, 1.807) is 0 Å². The molecule has 2 aromatic rings. The lowest BCUT2D eigenvalue weighted by molar-refractivity contribution is 0.435. The molecule has 0 aromatic heterocycles. The maximum atomic E-state index is 6.18. The molecule has 0 aliphatic heterocycles. The first-order chi connectivity index (χ1) is 11.7. The van der Waals surface area contributed by atoms with Gasteiger partial charge in [-0.1, -0.05) is 37.3 Å². The fourth-order valence-corrected chi connectivity index (χ4v) is 3.33. The average Bonchev–Trinajstić information content (AvgIpc) is 2.62. The second-order valence-corrected chi connectivity index (χ2v) is 6.02. The lowest BCUT2D eigenvalue weighted by Crippen LogP contribution is -2.45. The van der Waals surface area contributed by atoms with Gasteiger partial charge in [0.25, 0.3) is 0 Å². The maximum Gasteiger partial charge on any atom is 0.127 e. The smallest absolute Gasteiger partial charge is 0.127 e. The molecule has 24 heavy (non-hydrogen) atoms. The Balaban J connectivity index is 1.81. The largest absolute Gasteiger partial charge is 0.457 e. The first kappa shape index (κ1) is 16.4. The lowest BCUT2D eigenvalue weighted by Gasteiger charge is -2.41. The van der Waals surface area contributed by atoms with Crippen LogP contribution in [-0.2, 0) is 0 Å². The van der Waals surface area contributed by atoms with Gasteiger partial charge in [0.2, 0.25) is 0 Å². The Hall–Kier alpha value is -2.43. The summed E-state index contributed by atoms with van der Waals surface area (Å²) in [5, 5.41) is 3.10. The minimum Gasteiger partial charge on any atom is -0.457 e. The molecule has 4 nitrogen and oxygen atoms in total. The van der Waals surface area contributed by atoms with Crippen molar-refractivity contribution in [3.05, 3.63) is 71.4 Å². The van der Waals surface area contributed by atoms with Crippen molar-refractivity contribution in [1.29, 1.82) is 0 Å². The van der Waals surface area contributed by atoms with E-state index < -0.39 is 0 Å². The van der Waals surface area contributed by atoms with Crippen molar-refractivity contribution >= 4 is 6.72 Å². The molecule has 0 radical (unpaired) electrons. The monoisotopic (exact) mass is 321 g/mol. The molecule has 3 rings (SSSR count). The zero-order valence-corrected chi connectivity index (χ0v) is 14.1. The molecule has 4 heteroatoms. The van der Waals surface area contributed by atoms with Gasteiger partial charge in [0.15, 0.2) is 0 Å². The number of hydrogen-bond acceptors (Lipinski definition) is 4. The summed E-state index contributed by atoms with van der Waals surface area (Å²) in [4.78, 5) is 4.16. The third kappa shape index (κ3) is 2.98. The Bertz CT molecular complexity index is 737. The molecule has 0 saturated carbocycles. The van der Waals surface area contributed by atoms with Crippen LogP contribution in [0.1, 0.15) is 18.4 Å². The van der Waals surface area contributed by atoms with Crippen molar-refractivity contribution in [2.24, 2.45) is 16.6 Å². The third-order valence-corrected chi connectivity index (χ3v) is 4.60. The van der Waals surface area contributed by atoms with Crippen LogP contribution in [0.15, 0.2) is 70.9 Å². The molecule has 0 heterocycles. The normalized spacial score (nSPS) is 21.1. The molecule has 1 aliphatic carbocycles. The van der Waals surface area contributed by atoms with Crippen molar-refractivity contribution in [3.8, 4) is 11.5 Å². The Labute approximate surface area is 143 Å². The lowest BCUT2D eigenvalue weighted by atomic mass is 9.68. The van der Waals surface area contributed by atoms with E-state index in [9.17, 15) is 0 Å². The first-order valence-electron chi connectivity index (χ1n) is 8.12. The predicted octanol–water partition coefficient (Wildman–Crippen LogP) is 3.67. The number of benzene rings is 2. The van der Waals surface area contributed by atoms with Gasteiger partial charge < -0.3 is 15.8 Å². The van der Waals surface area contributed by atoms with Crippen LogP contribution < -0.4 is 15.8 Å². The number of ether oxygens (including phenoxy) is 1. The zero-order chi connectivity index (χ0) is 17.1. The predicted molar refractivity (Wildman–Crippen MR) is 98.5 cm³/mol. The number of hydrogen-bond donors (Lipinski definition) is 2. The van der Waals surface area contributed by atoms with Crippen LogP contribution in [0.5, 0.6) is 11.5 Å². The summed E-state index contributed by atoms with van der Waals surface area (Å²) >= 11 is 0. The molecule has 0 saturated heterocycles. The van der Waals surface area contributed by atoms with Crippen LogP contribution in [0, 0.1) is 5.92 Å². The standard InChI is InChI=1S/C20H23N3O/c1-13-17(18(19(13)22-2)20(21)23-3)14-9-11-16(12-10-14)24-15-7-5-4-6-8-15/h4-13,17,20,23H,2,21H2,1,3H3. The van der Waals surface area contributed by atoms with Crippen LogP contribution in [0.4, 0.5) is 0 Å². The SMILES string of the molecule is C=NC1=C(C(N)NC)C(c2ccc(Oc3ccccc3)cc2)C1C. The molecule has 3 unspecified atom stereocenters. The van der Waals surface area contributed by atoms with Gasteiger partial charge in [0, 0.05) is 17.5 Å². The number of aliphatic imine (C=N–C) groups is 1. The molecule has 0 bridgehead atoms. The van der Waals surface area contributed by atoms with E-state index in [0.29, 0.717) is 5.92 Å². The molecule has 0 fully saturated rings. The van der Waals surface area contributed by atoms with Gasteiger partial charge in [-0.25, -0.2) is 0 Å². The highest BCUT2D eigenvalue weighted by molar-refractivity contribution is 5.49. The number of nitrogens with one attached hydrogen (secondary N) is 1. The quantitative estimate of drug-likeness (QED) is 0.630. The Kier molecular flexibility index (Phi) is 4.79. The molecule has 124 valence electrons. The zero-order valence-electron chi connectivity index (χ0n) is 14.1. The number of rotatable bonds is 6. The van der Waals surface area contributed by atoms with Gasteiger partial charge in [-0.3, -0.25) is 4.99 Å². The summed E-state index contributed by atoms with van der Waals surface area (Å²) < 4.78 is 5.85. The number of nitrogens with two attached hydrogens (primary N) is 1. The minimum atomic E-state index is -0.202. The molecule has 0 spiro atoms. The molecule has 0 amide bonds. The summed E-state index contributed by atoms with van der Waals surface area (Å²) in [6.07, 6.45) is -0.202. The van der Waals surface area contributed by atoms with E-state index in [4.69, 9.17) is 10.5 Å². The first-order valence-corrected chi connectivity index (χ1v) is 8.12. The van der Waals surface area contributed by atoms with E-state index in [-0.39, 0.29) is 12.1 Å². The van der Waals surface area contributed by atoms with E-state index in [2.05, 4.69) is 36.1 Å². The van der Waals surface area contributed by atoms with Crippen molar-refractivity contribution in [3.63, 3.8) is 0 Å². The second kappa shape index (κ2) is 6.99. The molecule has 3 atom stereocenters. The number of nitrogens with zero attached hydrogens (tertiary/aromatic N) is 1. The van der Waals surface area contributed by atoms with Gasteiger partial charge >= 0.3 is 0 Å². The van der Waals surface area contributed by atoms with Gasteiger partial charge in [-0.2, -0.15) is 0 Å². The highest BCUT2D eigenvalue weighted by Crippen LogP contribution is 2.48. The highest BCUT2D eigenvalue weighted by Gasteiger charge is 2.40. The Morgan fingerprint density at radius 2 is 1.71 bits per heavy atom. The van der Waals surface area contributed by atoms with Crippen LogP contribution in [0.2, 0.25) is 0 Å². The summed E-state index contributed by atoms with van der Waals surface area (Å²) in [6, 6.07) is 18.0. The van der Waals surface area contributed by atoms with Gasteiger partial charge in [0.1, 0.15) is 11.5 Å². The molecular weight excluding hydrogens is 298 g/mol. The van der Waals surface area contributed by atoms with Crippen LogP contribution in [0.3, 0.4) is 0 Å². The van der Waals surface area contributed by atoms with E-state index in [1.165, 1.54) is 5.56 Å². The third-order valence-electron chi connectivity index (χ3n) is 4.60. The van der Waals surface area contributed by atoms with Crippen molar-refractivity contribution in [2.45, 2.75) is 19.0 Å². The maximum absolute atomic E-state index is 6.18. The number of para-hydroxylation sites is 1. The molecule has 1 aliphatic rings. The van der Waals surface area contributed by atoms with Crippen molar-refractivity contribution in [1.82, 2.24) is 5.32 Å².